The fourth-order valence-corrected chi connectivity index (χ4v) is 5.44. The lowest BCUT2D eigenvalue weighted by atomic mass is 9.97. The number of piperazine rings is 1. The topological polar surface area (TPSA) is 29.2 Å². The highest BCUT2D eigenvalue weighted by molar-refractivity contribution is 6.30. The van der Waals surface area contributed by atoms with Crippen molar-refractivity contribution in [2.24, 2.45) is 0 Å². The van der Waals surface area contributed by atoms with Crippen LogP contribution in [0, 0.1) is 0 Å². The molecule has 188 valence electrons. The minimum Gasteiger partial charge on any atom is -0.347 e. The number of aromatic nitrogens is 3. The van der Waals surface area contributed by atoms with Gasteiger partial charge in [-0.3, -0.25) is 4.90 Å². The molecule has 0 bridgehead atoms. The average molecular weight is 510 g/mol. The first kappa shape index (κ1) is 24.0. The van der Waals surface area contributed by atoms with E-state index in [2.05, 4.69) is 98.0 Å². The Morgan fingerprint density at radius 3 is 2.41 bits per heavy atom. The summed E-state index contributed by atoms with van der Waals surface area (Å²) in [6.07, 6.45) is 8.57. The van der Waals surface area contributed by atoms with Crippen molar-refractivity contribution in [3.8, 4) is 11.1 Å². The van der Waals surface area contributed by atoms with Crippen molar-refractivity contribution < 1.29 is 0 Å². The standard InChI is InChI=1S/C31H32ClN5/c1-34-13-15-35(16-14-34)19-26-20-36(22-31(26)30-8-4-6-25-5-2-3-7-29(25)30)21-28-17-33-23-37(28)18-24-9-11-27(32)12-10-24/h2-12,17,20,22-23H,13-16,18-19,21H2,1H3. The highest BCUT2D eigenvalue weighted by atomic mass is 35.5. The summed E-state index contributed by atoms with van der Waals surface area (Å²) in [5.74, 6) is 0. The van der Waals surface area contributed by atoms with Crippen molar-refractivity contribution >= 4 is 22.4 Å². The summed E-state index contributed by atoms with van der Waals surface area (Å²) in [5.41, 5.74) is 6.39. The van der Waals surface area contributed by atoms with E-state index >= 15 is 0 Å². The molecule has 0 spiro atoms. The maximum Gasteiger partial charge on any atom is 0.0951 e. The Bertz CT molecular complexity index is 1490. The molecule has 6 rings (SSSR count). The van der Waals surface area contributed by atoms with Crippen molar-refractivity contribution in [2.45, 2.75) is 19.6 Å². The summed E-state index contributed by atoms with van der Waals surface area (Å²) in [6, 6.07) is 23.4. The first-order valence-corrected chi connectivity index (χ1v) is 13.3. The number of imidazole rings is 1. The van der Waals surface area contributed by atoms with Crippen molar-refractivity contribution in [1.82, 2.24) is 23.9 Å². The molecule has 0 N–H and O–H groups in total. The maximum atomic E-state index is 6.08. The molecule has 0 aliphatic carbocycles. The molecule has 0 radical (unpaired) electrons. The van der Waals surface area contributed by atoms with Crippen molar-refractivity contribution in [3.63, 3.8) is 0 Å². The Hall–Kier alpha value is -3.38. The molecule has 5 nitrogen and oxygen atoms in total. The van der Waals surface area contributed by atoms with E-state index in [1.54, 1.807) is 0 Å². The van der Waals surface area contributed by atoms with Crippen LogP contribution in [-0.2, 0) is 19.6 Å². The van der Waals surface area contributed by atoms with Gasteiger partial charge in [-0.15, -0.1) is 0 Å². The molecule has 3 heterocycles. The minimum absolute atomic E-state index is 0.760. The quantitative estimate of drug-likeness (QED) is 0.269. The molecule has 1 aliphatic heterocycles. The van der Waals surface area contributed by atoms with Crippen LogP contribution in [0.5, 0.6) is 0 Å². The van der Waals surface area contributed by atoms with E-state index in [0.29, 0.717) is 0 Å². The monoisotopic (exact) mass is 509 g/mol. The van der Waals surface area contributed by atoms with E-state index in [9.17, 15) is 0 Å². The average Bonchev–Trinajstić information content (AvgIpc) is 3.53. The highest BCUT2D eigenvalue weighted by Gasteiger charge is 2.19. The lowest BCUT2D eigenvalue weighted by Crippen LogP contribution is -2.43. The molecule has 5 aromatic rings. The number of benzene rings is 3. The first-order chi connectivity index (χ1) is 18.1. The summed E-state index contributed by atoms with van der Waals surface area (Å²) in [7, 11) is 2.21. The van der Waals surface area contributed by atoms with Crippen molar-refractivity contribution in [3.05, 3.63) is 113 Å². The predicted molar refractivity (Wildman–Crippen MR) is 152 cm³/mol. The van der Waals surface area contributed by atoms with Gasteiger partial charge in [0.15, 0.2) is 0 Å². The van der Waals surface area contributed by atoms with Crippen LogP contribution in [0.4, 0.5) is 0 Å². The zero-order valence-corrected chi connectivity index (χ0v) is 22.0. The molecule has 0 atom stereocenters. The predicted octanol–water partition coefficient (Wildman–Crippen LogP) is 6.00. The van der Waals surface area contributed by atoms with Gasteiger partial charge >= 0.3 is 0 Å². The number of hydrogen-bond acceptors (Lipinski definition) is 3. The smallest absolute Gasteiger partial charge is 0.0951 e. The van der Waals surface area contributed by atoms with Crippen LogP contribution < -0.4 is 0 Å². The van der Waals surface area contributed by atoms with Crippen LogP contribution in [0.3, 0.4) is 0 Å². The Morgan fingerprint density at radius 2 is 1.57 bits per heavy atom. The fraction of sp³-hybridized carbons (Fsp3) is 0.258. The highest BCUT2D eigenvalue weighted by Crippen LogP contribution is 2.33. The molecular formula is C31H32ClN5. The second kappa shape index (κ2) is 10.5. The second-order valence-corrected chi connectivity index (χ2v) is 10.6. The summed E-state index contributed by atoms with van der Waals surface area (Å²) in [5, 5.41) is 3.34. The lowest BCUT2D eigenvalue weighted by molar-refractivity contribution is 0.148. The molecule has 1 fully saturated rings. The van der Waals surface area contributed by atoms with Crippen LogP contribution in [0.15, 0.2) is 91.6 Å². The summed E-state index contributed by atoms with van der Waals surface area (Å²) >= 11 is 6.08. The molecule has 2 aromatic heterocycles. The molecule has 1 aliphatic rings. The number of rotatable bonds is 7. The second-order valence-electron chi connectivity index (χ2n) is 10.1. The van der Waals surface area contributed by atoms with Crippen molar-refractivity contribution in [1.29, 1.82) is 0 Å². The molecular weight excluding hydrogens is 478 g/mol. The van der Waals surface area contributed by atoms with E-state index in [0.717, 1.165) is 50.8 Å². The van der Waals surface area contributed by atoms with Gasteiger partial charge in [-0.2, -0.15) is 0 Å². The van der Waals surface area contributed by atoms with Crippen LogP contribution in [0.2, 0.25) is 5.02 Å². The lowest BCUT2D eigenvalue weighted by Gasteiger charge is -2.32. The number of nitrogens with zero attached hydrogens (tertiary/aromatic N) is 5. The van der Waals surface area contributed by atoms with Gasteiger partial charge in [-0.1, -0.05) is 66.2 Å². The molecule has 1 saturated heterocycles. The van der Waals surface area contributed by atoms with Gasteiger partial charge in [0.1, 0.15) is 0 Å². The number of likely N-dealkylation sites (N-methyl/N-ethyl adjacent to an activating group) is 1. The maximum absolute atomic E-state index is 6.08. The van der Waals surface area contributed by atoms with Gasteiger partial charge in [0.05, 0.1) is 18.6 Å². The molecule has 0 saturated carbocycles. The van der Waals surface area contributed by atoms with E-state index in [1.807, 2.05) is 24.7 Å². The summed E-state index contributed by atoms with van der Waals surface area (Å²) in [6.45, 7) is 6.95. The summed E-state index contributed by atoms with van der Waals surface area (Å²) < 4.78 is 4.55. The molecule has 6 heteroatoms. The van der Waals surface area contributed by atoms with Crippen LogP contribution in [0.1, 0.15) is 16.8 Å². The first-order valence-electron chi connectivity index (χ1n) is 12.9. The van der Waals surface area contributed by atoms with Crippen molar-refractivity contribution in [2.75, 3.05) is 33.2 Å². The van der Waals surface area contributed by atoms with Crippen LogP contribution in [-0.4, -0.2) is 57.1 Å². The Labute approximate surface area is 223 Å². The van der Waals surface area contributed by atoms with Crippen LogP contribution >= 0.6 is 11.6 Å². The van der Waals surface area contributed by atoms with Gasteiger partial charge in [0, 0.05) is 68.4 Å². The molecule has 0 unspecified atom stereocenters. The van der Waals surface area contributed by atoms with E-state index in [-0.39, 0.29) is 0 Å². The normalized spacial score (nSPS) is 15.0. The summed E-state index contributed by atoms with van der Waals surface area (Å²) in [4.78, 5) is 9.47. The number of halogens is 1. The Balaban J connectivity index is 1.33. The van der Waals surface area contributed by atoms with Gasteiger partial charge in [-0.25, -0.2) is 4.98 Å². The molecule has 3 aromatic carbocycles. The Morgan fingerprint density at radius 1 is 0.784 bits per heavy atom. The largest absolute Gasteiger partial charge is 0.347 e. The van der Waals surface area contributed by atoms with Gasteiger partial charge in [0.2, 0.25) is 0 Å². The minimum atomic E-state index is 0.760. The number of fused-ring (bicyclic) bond motifs is 1. The van der Waals surface area contributed by atoms with E-state index in [1.165, 1.54) is 38.7 Å². The van der Waals surface area contributed by atoms with Crippen LogP contribution in [0.25, 0.3) is 21.9 Å². The van der Waals surface area contributed by atoms with E-state index in [4.69, 9.17) is 11.6 Å². The molecule has 0 amide bonds. The third-order valence-electron chi connectivity index (χ3n) is 7.44. The molecule has 37 heavy (non-hydrogen) atoms. The van der Waals surface area contributed by atoms with Gasteiger partial charge in [0.25, 0.3) is 0 Å². The third kappa shape index (κ3) is 5.35. The zero-order valence-electron chi connectivity index (χ0n) is 21.2. The van der Waals surface area contributed by atoms with E-state index < -0.39 is 0 Å². The Kier molecular flexibility index (Phi) is 6.83. The number of hydrogen-bond donors (Lipinski definition) is 0. The van der Waals surface area contributed by atoms with Gasteiger partial charge < -0.3 is 14.0 Å². The fourth-order valence-electron chi connectivity index (χ4n) is 5.32. The zero-order chi connectivity index (χ0) is 25.2. The third-order valence-corrected chi connectivity index (χ3v) is 7.69. The SMILES string of the molecule is CN1CCN(Cc2cn(Cc3cncn3Cc3ccc(Cl)cc3)cc2-c2cccc3ccccc23)CC1. The van der Waals surface area contributed by atoms with Gasteiger partial charge in [-0.05, 0) is 46.6 Å².